The number of hydrogen-bond donors (Lipinski definition) is 0. The molecule has 0 aliphatic heterocycles. The molecule has 0 bridgehead atoms. The van der Waals surface area contributed by atoms with E-state index in [4.69, 9.17) is 0 Å². The van der Waals surface area contributed by atoms with Crippen molar-refractivity contribution in [2.45, 2.75) is 61.8 Å². The Bertz CT molecular complexity index is 187. The molecule has 0 radical (unpaired) electrons. The van der Waals surface area contributed by atoms with Crippen LogP contribution in [-0.4, -0.2) is 0 Å². The van der Waals surface area contributed by atoms with Crippen molar-refractivity contribution in [3.05, 3.63) is 0 Å². The van der Waals surface area contributed by atoms with E-state index in [1.54, 1.807) is 0 Å². The summed E-state index contributed by atoms with van der Waals surface area (Å²) in [6.45, 7) is 19.2. The van der Waals surface area contributed by atoms with Crippen LogP contribution in [0.3, 0.4) is 0 Å². The molecule has 14 heavy (non-hydrogen) atoms. The lowest BCUT2D eigenvalue weighted by Gasteiger charge is -2.62. The van der Waals surface area contributed by atoms with Gasteiger partial charge in [0, 0.05) is 0 Å². The first-order valence-electron chi connectivity index (χ1n) is 5.97. The summed E-state index contributed by atoms with van der Waals surface area (Å²) in [5.74, 6) is 1.78. The van der Waals surface area contributed by atoms with Gasteiger partial charge in [-0.1, -0.05) is 55.4 Å². The fourth-order valence-electron chi connectivity index (χ4n) is 3.86. The summed E-state index contributed by atoms with van der Waals surface area (Å²) < 4.78 is 0. The summed E-state index contributed by atoms with van der Waals surface area (Å²) in [6.07, 6.45) is 1.42. The lowest BCUT2D eigenvalue weighted by molar-refractivity contribution is -0.131. The zero-order valence-corrected chi connectivity index (χ0v) is 11.4. The largest absolute Gasteiger partial charge is 0.0599 e. The van der Waals surface area contributed by atoms with Gasteiger partial charge in [0.15, 0.2) is 0 Å². The van der Waals surface area contributed by atoms with Gasteiger partial charge in [0.25, 0.3) is 0 Å². The predicted molar refractivity (Wildman–Crippen MR) is 64.3 cm³/mol. The van der Waals surface area contributed by atoms with E-state index in [9.17, 15) is 0 Å². The first-order valence-corrected chi connectivity index (χ1v) is 5.97. The Balaban J connectivity index is 2.79. The van der Waals surface area contributed by atoms with Crippen molar-refractivity contribution in [1.29, 1.82) is 0 Å². The molecule has 0 aromatic heterocycles. The molecule has 1 aliphatic carbocycles. The molecule has 0 amide bonds. The summed E-state index contributed by atoms with van der Waals surface area (Å²) in [4.78, 5) is 0. The molecule has 0 heteroatoms. The molecule has 0 saturated heterocycles. The van der Waals surface area contributed by atoms with Gasteiger partial charge in [-0.2, -0.15) is 0 Å². The van der Waals surface area contributed by atoms with Gasteiger partial charge in [0.2, 0.25) is 0 Å². The average Bonchev–Trinajstić information content (AvgIpc) is 1.77. The molecule has 1 aliphatic rings. The van der Waals surface area contributed by atoms with Crippen LogP contribution in [0.15, 0.2) is 0 Å². The molecular formula is C14H28. The molecule has 0 N–H and O–H groups in total. The van der Waals surface area contributed by atoms with E-state index < -0.39 is 0 Å². The minimum atomic E-state index is 0.477. The second-order valence-corrected chi connectivity index (χ2v) is 7.89. The molecule has 0 aromatic rings. The molecule has 0 aromatic carbocycles. The van der Waals surface area contributed by atoms with E-state index in [0.29, 0.717) is 16.2 Å². The smallest absolute Gasteiger partial charge is 0.0287 e. The van der Waals surface area contributed by atoms with Crippen LogP contribution >= 0.6 is 0 Å². The maximum Gasteiger partial charge on any atom is -0.0287 e. The molecule has 0 spiro atoms. The van der Waals surface area contributed by atoms with Crippen LogP contribution in [0, 0.1) is 28.1 Å². The SMILES string of the molecule is CC(C)(C)C1CC(C(C)(C)C)C1(C)C. The van der Waals surface area contributed by atoms with E-state index in [-0.39, 0.29) is 0 Å². The second-order valence-electron chi connectivity index (χ2n) is 7.89. The molecule has 0 heterocycles. The Hall–Kier alpha value is 0. The zero-order chi connectivity index (χ0) is 11.4. The van der Waals surface area contributed by atoms with Crippen molar-refractivity contribution in [2.75, 3.05) is 0 Å². The lowest BCUT2D eigenvalue weighted by atomic mass is 9.43. The number of rotatable bonds is 0. The van der Waals surface area contributed by atoms with Crippen LogP contribution in [0.2, 0.25) is 0 Å². The second kappa shape index (κ2) is 3.00. The minimum Gasteiger partial charge on any atom is -0.0599 e. The summed E-state index contributed by atoms with van der Waals surface area (Å²) in [7, 11) is 0. The highest BCUT2D eigenvalue weighted by molar-refractivity contribution is 5.04. The van der Waals surface area contributed by atoms with Crippen LogP contribution in [0.1, 0.15) is 61.8 Å². The third kappa shape index (κ3) is 1.85. The average molecular weight is 196 g/mol. The van der Waals surface area contributed by atoms with E-state index in [0.717, 1.165) is 11.8 Å². The van der Waals surface area contributed by atoms with Crippen LogP contribution in [0.4, 0.5) is 0 Å². The van der Waals surface area contributed by atoms with Crippen LogP contribution in [-0.2, 0) is 0 Å². The van der Waals surface area contributed by atoms with E-state index in [1.807, 2.05) is 0 Å². The Morgan fingerprint density at radius 3 is 1.21 bits per heavy atom. The first kappa shape index (κ1) is 12.1. The zero-order valence-electron chi connectivity index (χ0n) is 11.4. The first-order chi connectivity index (χ1) is 5.97. The normalized spacial score (nSPS) is 32.6. The van der Waals surface area contributed by atoms with E-state index in [1.165, 1.54) is 6.42 Å². The fraction of sp³-hybridized carbons (Fsp3) is 1.00. The number of hydrogen-bond acceptors (Lipinski definition) is 0. The highest BCUT2D eigenvalue weighted by Crippen LogP contribution is 2.63. The fourth-order valence-corrected chi connectivity index (χ4v) is 3.86. The molecule has 2 atom stereocenters. The summed E-state index contributed by atoms with van der Waals surface area (Å²) in [6, 6.07) is 0. The van der Waals surface area contributed by atoms with Crippen LogP contribution < -0.4 is 0 Å². The molecule has 1 fully saturated rings. The van der Waals surface area contributed by atoms with Gasteiger partial charge in [0.05, 0.1) is 0 Å². The summed E-state index contributed by atoms with van der Waals surface area (Å²) >= 11 is 0. The quantitative estimate of drug-likeness (QED) is 0.525. The van der Waals surface area contributed by atoms with Gasteiger partial charge in [-0.3, -0.25) is 0 Å². The van der Waals surface area contributed by atoms with Gasteiger partial charge < -0.3 is 0 Å². The molecule has 0 nitrogen and oxygen atoms in total. The summed E-state index contributed by atoms with van der Waals surface area (Å²) in [5.41, 5.74) is 1.48. The van der Waals surface area contributed by atoms with Crippen molar-refractivity contribution in [3.63, 3.8) is 0 Å². The Morgan fingerprint density at radius 1 is 0.786 bits per heavy atom. The highest BCUT2D eigenvalue weighted by Gasteiger charge is 2.55. The van der Waals surface area contributed by atoms with Gasteiger partial charge >= 0.3 is 0 Å². The topological polar surface area (TPSA) is 0 Å². The minimum absolute atomic E-state index is 0.477. The summed E-state index contributed by atoms with van der Waals surface area (Å²) in [5, 5.41) is 0. The van der Waals surface area contributed by atoms with Crippen molar-refractivity contribution >= 4 is 0 Å². The van der Waals surface area contributed by atoms with Gasteiger partial charge in [-0.05, 0) is 34.5 Å². The maximum absolute atomic E-state index is 2.46. The van der Waals surface area contributed by atoms with Crippen molar-refractivity contribution in [1.82, 2.24) is 0 Å². The van der Waals surface area contributed by atoms with E-state index >= 15 is 0 Å². The molecular weight excluding hydrogens is 168 g/mol. The van der Waals surface area contributed by atoms with Crippen LogP contribution in [0.5, 0.6) is 0 Å². The Kier molecular flexibility index (Phi) is 2.58. The van der Waals surface area contributed by atoms with E-state index in [2.05, 4.69) is 55.4 Å². The monoisotopic (exact) mass is 196 g/mol. The molecule has 2 unspecified atom stereocenters. The standard InChI is InChI=1S/C14H28/c1-12(2,3)10-9-11(13(4,5)6)14(10,7)8/h10-11H,9H2,1-8H3. The third-order valence-corrected chi connectivity index (χ3v) is 4.36. The van der Waals surface area contributed by atoms with Crippen LogP contribution in [0.25, 0.3) is 0 Å². The van der Waals surface area contributed by atoms with Crippen molar-refractivity contribution in [2.24, 2.45) is 28.1 Å². The van der Waals surface area contributed by atoms with Gasteiger partial charge in [-0.25, -0.2) is 0 Å². The molecule has 84 valence electrons. The molecule has 1 rings (SSSR count). The predicted octanol–water partition coefficient (Wildman–Crippen LogP) is 4.74. The maximum atomic E-state index is 2.46. The highest BCUT2D eigenvalue weighted by atomic mass is 14.6. The van der Waals surface area contributed by atoms with Gasteiger partial charge in [0.1, 0.15) is 0 Å². The molecule has 1 saturated carbocycles. The Morgan fingerprint density at radius 2 is 1.07 bits per heavy atom. The lowest BCUT2D eigenvalue weighted by Crippen LogP contribution is -2.55. The van der Waals surface area contributed by atoms with Crippen molar-refractivity contribution in [3.8, 4) is 0 Å². The third-order valence-electron chi connectivity index (χ3n) is 4.36. The van der Waals surface area contributed by atoms with Crippen molar-refractivity contribution < 1.29 is 0 Å². The Labute approximate surface area is 90.5 Å². The van der Waals surface area contributed by atoms with Gasteiger partial charge in [-0.15, -0.1) is 0 Å².